The number of carbonyl (C=O) groups excluding carboxylic acids is 1. The van der Waals surface area contributed by atoms with Crippen LogP contribution in [-0.4, -0.2) is 47.1 Å². The van der Waals surface area contributed by atoms with Crippen LogP contribution in [0.2, 0.25) is 0 Å². The van der Waals surface area contributed by atoms with Gasteiger partial charge in [-0.1, -0.05) is 20.8 Å². The van der Waals surface area contributed by atoms with E-state index in [1.54, 1.807) is 0 Å². The van der Waals surface area contributed by atoms with Crippen LogP contribution in [0.3, 0.4) is 0 Å². The number of nitrogens with one attached hydrogen (secondary N) is 1. The van der Waals surface area contributed by atoms with Gasteiger partial charge < -0.3 is 10.4 Å². The van der Waals surface area contributed by atoms with Gasteiger partial charge in [0, 0.05) is 6.54 Å². The van der Waals surface area contributed by atoms with Crippen LogP contribution in [0.5, 0.6) is 0 Å². The van der Waals surface area contributed by atoms with Crippen molar-refractivity contribution < 1.29 is 14.7 Å². The molecule has 1 unspecified atom stereocenters. The van der Waals surface area contributed by atoms with Gasteiger partial charge in [-0.2, -0.15) is 0 Å². The number of rotatable bonds is 6. The van der Waals surface area contributed by atoms with E-state index in [0.717, 1.165) is 6.42 Å². The van der Waals surface area contributed by atoms with Crippen molar-refractivity contribution in [3.8, 4) is 0 Å². The Morgan fingerprint density at radius 3 is 2.61 bits per heavy atom. The summed E-state index contributed by atoms with van der Waals surface area (Å²) in [6, 6.07) is 0. The molecule has 0 aromatic rings. The molecule has 1 saturated heterocycles. The van der Waals surface area contributed by atoms with Gasteiger partial charge in [0.25, 0.3) is 0 Å². The van der Waals surface area contributed by atoms with Crippen LogP contribution in [0.4, 0.5) is 0 Å². The zero-order valence-electron chi connectivity index (χ0n) is 11.5. The third-order valence-corrected chi connectivity index (χ3v) is 3.65. The van der Waals surface area contributed by atoms with Crippen molar-refractivity contribution in [1.82, 2.24) is 10.2 Å². The summed E-state index contributed by atoms with van der Waals surface area (Å²) in [6.07, 6.45) is 2.02. The number of aliphatic carboxylic acids is 1. The molecule has 1 aliphatic rings. The van der Waals surface area contributed by atoms with Crippen LogP contribution in [0.15, 0.2) is 0 Å². The van der Waals surface area contributed by atoms with Crippen LogP contribution in [0, 0.1) is 5.92 Å². The van der Waals surface area contributed by atoms with Crippen molar-refractivity contribution in [1.29, 1.82) is 0 Å². The van der Waals surface area contributed by atoms with Gasteiger partial charge in [0.05, 0.1) is 6.54 Å². The van der Waals surface area contributed by atoms with Crippen molar-refractivity contribution in [2.24, 2.45) is 5.92 Å². The van der Waals surface area contributed by atoms with E-state index in [0.29, 0.717) is 31.8 Å². The first-order valence-electron chi connectivity index (χ1n) is 6.67. The third kappa shape index (κ3) is 3.22. The maximum absolute atomic E-state index is 11.8. The summed E-state index contributed by atoms with van der Waals surface area (Å²) in [5.41, 5.74) is -0.838. The molecule has 1 amide bonds. The average Bonchev–Trinajstić information content (AvgIpc) is 2.70. The van der Waals surface area contributed by atoms with Crippen molar-refractivity contribution in [2.75, 3.05) is 19.6 Å². The minimum Gasteiger partial charge on any atom is -0.480 e. The number of likely N-dealkylation sites (tertiary alicyclic amines) is 1. The second kappa shape index (κ2) is 6.18. The highest BCUT2D eigenvalue weighted by atomic mass is 16.4. The maximum Gasteiger partial charge on any atom is 0.324 e. The Morgan fingerprint density at radius 1 is 1.44 bits per heavy atom. The predicted molar refractivity (Wildman–Crippen MR) is 69.3 cm³/mol. The number of carboxylic acids is 1. The molecule has 1 rings (SSSR count). The lowest BCUT2D eigenvalue weighted by Crippen LogP contribution is -2.53. The summed E-state index contributed by atoms with van der Waals surface area (Å²) < 4.78 is 0. The molecule has 104 valence electrons. The normalized spacial score (nSPS) is 24.4. The summed E-state index contributed by atoms with van der Waals surface area (Å²) in [4.78, 5) is 25.0. The van der Waals surface area contributed by atoms with E-state index in [-0.39, 0.29) is 12.5 Å². The highest BCUT2D eigenvalue weighted by Crippen LogP contribution is 2.32. The zero-order chi connectivity index (χ0) is 13.8. The molecule has 0 aromatic heterocycles. The molecule has 18 heavy (non-hydrogen) atoms. The van der Waals surface area contributed by atoms with Gasteiger partial charge in [0.2, 0.25) is 5.91 Å². The standard InChI is InChI=1S/C13H24N2O3/c1-4-13(12(17)18)6-5-7-15(13)9-11(16)14-8-10(2)3/h10H,4-9H2,1-3H3,(H,14,16)(H,17,18). The molecule has 0 aliphatic carbocycles. The van der Waals surface area contributed by atoms with Crippen LogP contribution in [0.25, 0.3) is 0 Å². The number of nitrogens with zero attached hydrogens (tertiary/aromatic N) is 1. The molecule has 0 bridgehead atoms. The second-order valence-corrected chi connectivity index (χ2v) is 5.41. The lowest BCUT2D eigenvalue weighted by molar-refractivity contribution is -0.150. The Kier molecular flexibility index (Phi) is 5.14. The molecule has 2 N–H and O–H groups in total. The molecule has 5 heteroatoms. The van der Waals surface area contributed by atoms with Gasteiger partial charge in [0.15, 0.2) is 0 Å². The fourth-order valence-corrected chi connectivity index (χ4v) is 2.51. The predicted octanol–water partition coefficient (Wildman–Crippen LogP) is 1.09. The van der Waals surface area contributed by atoms with Gasteiger partial charge in [-0.25, -0.2) is 0 Å². The highest BCUT2D eigenvalue weighted by molar-refractivity contribution is 5.82. The van der Waals surface area contributed by atoms with Gasteiger partial charge in [-0.05, 0) is 31.7 Å². The van der Waals surface area contributed by atoms with E-state index < -0.39 is 11.5 Å². The molecular weight excluding hydrogens is 232 g/mol. The molecule has 1 atom stereocenters. The molecule has 0 aromatic carbocycles. The van der Waals surface area contributed by atoms with E-state index in [4.69, 9.17) is 0 Å². The SMILES string of the molecule is CCC1(C(=O)O)CCCN1CC(=O)NCC(C)C. The number of carboxylic acid groups (broad SMARTS) is 1. The second-order valence-electron chi connectivity index (χ2n) is 5.41. The number of carbonyl (C=O) groups is 2. The monoisotopic (exact) mass is 256 g/mol. The van der Waals surface area contributed by atoms with Crippen molar-refractivity contribution >= 4 is 11.9 Å². The van der Waals surface area contributed by atoms with Gasteiger partial charge in [-0.15, -0.1) is 0 Å². The van der Waals surface area contributed by atoms with E-state index >= 15 is 0 Å². The van der Waals surface area contributed by atoms with E-state index in [1.165, 1.54) is 0 Å². The lowest BCUT2D eigenvalue weighted by atomic mass is 9.93. The molecule has 1 fully saturated rings. The summed E-state index contributed by atoms with van der Waals surface area (Å²) >= 11 is 0. The summed E-state index contributed by atoms with van der Waals surface area (Å²) in [6.45, 7) is 7.45. The fraction of sp³-hybridized carbons (Fsp3) is 0.846. The van der Waals surface area contributed by atoms with Crippen LogP contribution in [-0.2, 0) is 9.59 Å². The van der Waals surface area contributed by atoms with Crippen molar-refractivity contribution in [3.63, 3.8) is 0 Å². The largest absolute Gasteiger partial charge is 0.480 e. The zero-order valence-corrected chi connectivity index (χ0v) is 11.5. The molecule has 1 heterocycles. The van der Waals surface area contributed by atoms with Gasteiger partial charge >= 0.3 is 5.97 Å². The number of amides is 1. The molecule has 0 spiro atoms. The summed E-state index contributed by atoms with van der Waals surface area (Å²) in [5, 5.41) is 12.2. The van der Waals surface area contributed by atoms with E-state index in [9.17, 15) is 14.7 Å². The van der Waals surface area contributed by atoms with Gasteiger partial charge in [0.1, 0.15) is 5.54 Å². The van der Waals surface area contributed by atoms with Crippen molar-refractivity contribution in [2.45, 2.75) is 45.6 Å². The molecular formula is C13H24N2O3. The van der Waals surface area contributed by atoms with E-state index in [2.05, 4.69) is 5.32 Å². The van der Waals surface area contributed by atoms with Crippen LogP contribution >= 0.6 is 0 Å². The Hall–Kier alpha value is -1.10. The molecule has 5 nitrogen and oxygen atoms in total. The van der Waals surface area contributed by atoms with Crippen molar-refractivity contribution in [3.05, 3.63) is 0 Å². The first-order chi connectivity index (χ1) is 8.42. The quantitative estimate of drug-likeness (QED) is 0.746. The Balaban J connectivity index is 2.60. The highest BCUT2D eigenvalue weighted by Gasteiger charge is 2.46. The molecule has 0 radical (unpaired) electrons. The average molecular weight is 256 g/mol. The lowest BCUT2D eigenvalue weighted by Gasteiger charge is -2.33. The third-order valence-electron chi connectivity index (χ3n) is 3.65. The van der Waals surface area contributed by atoms with Gasteiger partial charge in [-0.3, -0.25) is 14.5 Å². The Morgan fingerprint density at radius 2 is 2.11 bits per heavy atom. The topological polar surface area (TPSA) is 69.6 Å². The molecule has 0 saturated carbocycles. The Bertz CT molecular complexity index is 317. The first kappa shape index (κ1) is 15.0. The van der Waals surface area contributed by atoms with Crippen LogP contribution in [0.1, 0.15) is 40.0 Å². The van der Waals surface area contributed by atoms with E-state index in [1.807, 2.05) is 25.7 Å². The first-order valence-corrected chi connectivity index (χ1v) is 6.67. The number of hydrogen-bond acceptors (Lipinski definition) is 3. The smallest absolute Gasteiger partial charge is 0.324 e. The van der Waals surface area contributed by atoms with Crippen LogP contribution < -0.4 is 5.32 Å². The minimum absolute atomic E-state index is 0.0790. The fourth-order valence-electron chi connectivity index (χ4n) is 2.51. The Labute approximate surface area is 109 Å². The summed E-state index contributed by atoms with van der Waals surface area (Å²) in [7, 11) is 0. The maximum atomic E-state index is 11.8. The molecule has 1 aliphatic heterocycles. The minimum atomic E-state index is -0.838. The number of hydrogen-bond donors (Lipinski definition) is 2. The summed E-state index contributed by atoms with van der Waals surface area (Å²) in [5.74, 6) is -0.480.